The summed E-state index contributed by atoms with van der Waals surface area (Å²) in [6.45, 7) is 7.59. The summed E-state index contributed by atoms with van der Waals surface area (Å²) in [5.41, 5.74) is 8.84. The lowest BCUT2D eigenvalue weighted by Crippen LogP contribution is -2.26. The van der Waals surface area contributed by atoms with Crippen LogP contribution in [0.1, 0.15) is 21.6 Å². The Kier molecular flexibility index (Phi) is 3.13. The molecule has 4 N–H and O–H groups in total. The summed E-state index contributed by atoms with van der Waals surface area (Å²) < 4.78 is 14.9. The van der Waals surface area contributed by atoms with E-state index in [1.165, 1.54) is 6.07 Å². The maximum atomic E-state index is 14.9. The number of halogens is 1. The van der Waals surface area contributed by atoms with Crippen LogP contribution in [0.4, 0.5) is 10.1 Å². The van der Waals surface area contributed by atoms with Gasteiger partial charge in [-0.05, 0) is 37.3 Å². The molecule has 1 aromatic heterocycles. The lowest BCUT2D eigenvalue weighted by Gasteiger charge is -2.22. The summed E-state index contributed by atoms with van der Waals surface area (Å²) in [7, 11) is 0. The molecular weight excluding hydrogens is 295 g/mol. The van der Waals surface area contributed by atoms with E-state index in [4.69, 9.17) is 5.73 Å². The maximum Gasteiger partial charge on any atom is 0.250 e. The summed E-state index contributed by atoms with van der Waals surface area (Å²) in [5, 5.41) is 4.20. The molecule has 0 saturated carbocycles. The minimum atomic E-state index is -0.607. The van der Waals surface area contributed by atoms with Gasteiger partial charge in [0.1, 0.15) is 5.82 Å². The van der Waals surface area contributed by atoms with Crippen LogP contribution in [0, 0.1) is 31.5 Å². The molecule has 4 rings (SSSR count). The lowest BCUT2D eigenvalue weighted by atomic mass is 10.0. The van der Waals surface area contributed by atoms with Gasteiger partial charge in [0.25, 0.3) is 5.91 Å². The maximum absolute atomic E-state index is 14.9. The zero-order valence-corrected chi connectivity index (χ0v) is 13.4. The van der Waals surface area contributed by atoms with E-state index in [9.17, 15) is 9.18 Å². The molecule has 3 heterocycles. The minimum absolute atomic E-state index is 0.221. The van der Waals surface area contributed by atoms with E-state index in [2.05, 4.69) is 15.2 Å². The smallest absolute Gasteiger partial charge is 0.250 e. The number of aromatic nitrogens is 1. The van der Waals surface area contributed by atoms with Gasteiger partial charge < -0.3 is 20.9 Å². The fourth-order valence-corrected chi connectivity index (χ4v) is 4.14. The Morgan fingerprint density at radius 3 is 2.57 bits per heavy atom. The molecule has 23 heavy (non-hydrogen) atoms. The van der Waals surface area contributed by atoms with E-state index in [1.54, 1.807) is 0 Å². The van der Waals surface area contributed by atoms with Gasteiger partial charge >= 0.3 is 0 Å². The average molecular weight is 316 g/mol. The number of nitrogens with zero attached hydrogens (tertiary/aromatic N) is 1. The Hall–Kier alpha value is -2.08. The van der Waals surface area contributed by atoms with Crippen molar-refractivity contribution in [2.24, 2.45) is 17.6 Å². The molecule has 1 amide bonds. The topological polar surface area (TPSA) is 74.2 Å². The first-order valence-corrected chi connectivity index (χ1v) is 8.04. The fraction of sp³-hybridized carbons (Fsp3) is 0.471. The second kappa shape index (κ2) is 4.96. The largest absolute Gasteiger partial charge is 0.368 e. The number of fused-ring (bicyclic) bond motifs is 2. The summed E-state index contributed by atoms with van der Waals surface area (Å²) in [6, 6.07) is 1.28. The van der Waals surface area contributed by atoms with Gasteiger partial charge in [0.15, 0.2) is 0 Å². The van der Waals surface area contributed by atoms with Crippen LogP contribution in [-0.4, -0.2) is 37.1 Å². The van der Waals surface area contributed by atoms with Crippen molar-refractivity contribution < 1.29 is 9.18 Å². The molecule has 2 fully saturated rings. The van der Waals surface area contributed by atoms with Crippen LogP contribution < -0.4 is 16.0 Å². The third kappa shape index (κ3) is 2.05. The van der Waals surface area contributed by atoms with E-state index in [0.29, 0.717) is 23.0 Å². The van der Waals surface area contributed by atoms with Gasteiger partial charge in [0.05, 0.1) is 16.8 Å². The third-order valence-electron chi connectivity index (χ3n) is 5.47. The van der Waals surface area contributed by atoms with Crippen molar-refractivity contribution in [2.45, 2.75) is 13.8 Å². The highest BCUT2D eigenvalue weighted by Crippen LogP contribution is 2.40. The second-order valence-electron chi connectivity index (χ2n) is 6.83. The number of benzene rings is 1. The quantitative estimate of drug-likeness (QED) is 0.789. The predicted molar refractivity (Wildman–Crippen MR) is 88.3 cm³/mol. The van der Waals surface area contributed by atoms with Crippen LogP contribution in [0.5, 0.6) is 0 Å². The number of hydrogen-bond donors (Lipinski definition) is 3. The molecule has 0 radical (unpaired) electrons. The average Bonchev–Trinajstić information content (AvgIpc) is 3.14. The number of amides is 1. The molecule has 6 heteroatoms. The van der Waals surface area contributed by atoms with E-state index >= 15 is 0 Å². The highest BCUT2D eigenvalue weighted by atomic mass is 19.1. The first-order chi connectivity index (χ1) is 11.0. The summed E-state index contributed by atoms with van der Waals surface area (Å²) in [5.74, 6) is 0.173. The predicted octanol–water partition coefficient (Wildman–Crippen LogP) is 1.68. The van der Waals surface area contributed by atoms with Gasteiger partial charge in [-0.3, -0.25) is 4.79 Å². The number of hydrogen-bond acceptors (Lipinski definition) is 3. The summed E-state index contributed by atoms with van der Waals surface area (Å²) >= 11 is 0. The summed E-state index contributed by atoms with van der Waals surface area (Å²) in [6.07, 6.45) is 0. The molecule has 5 nitrogen and oxygen atoms in total. The fourth-order valence-electron chi connectivity index (χ4n) is 4.14. The number of rotatable bonds is 2. The van der Waals surface area contributed by atoms with Gasteiger partial charge in [-0.25, -0.2) is 4.39 Å². The van der Waals surface area contributed by atoms with Crippen LogP contribution in [0.2, 0.25) is 0 Å². The van der Waals surface area contributed by atoms with E-state index in [-0.39, 0.29) is 11.4 Å². The first kappa shape index (κ1) is 14.5. The number of nitrogens with one attached hydrogen (secondary N) is 2. The van der Waals surface area contributed by atoms with Gasteiger partial charge in [-0.15, -0.1) is 0 Å². The molecule has 0 unspecified atom stereocenters. The highest BCUT2D eigenvalue weighted by molar-refractivity contribution is 6.10. The second-order valence-corrected chi connectivity index (χ2v) is 6.83. The normalized spacial score (nSPS) is 23.7. The number of carbonyl (C=O) groups excluding carboxylic acids is 1. The number of H-pyrrole nitrogens is 1. The molecule has 2 aliphatic rings. The van der Waals surface area contributed by atoms with E-state index in [0.717, 1.165) is 42.8 Å². The first-order valence-electron chi connectivity index (χ1n) is 8.04. The van der Waals surface area contributed by atoms with E-state index < -0.39 is 5.91 Å². The van der Waals surface area contributed by atoms with Crippen molar-refractivity contribution in [2.75, 3.05) is 31.1 Å². The number of nitrogens with two attached hydrogens (primary N) is 1. The number of aryl methyl sites for hydroxylation is 2. The van der Waals surface area contributed by atoms with Crippen LogP contribution in [0.15, 0.2) is 6.07 Å². The van der Waals surface area contributed by atoms with Crippen molar-refractivity contribution in [3.63, 3.8) is 0 Å². The van der Waals surface area contributed by atoms with Crippen LogP contribution >= 0.6 is 0 Å². The van der Waals surface area contributed by atoms with Crippen molar-refractivity contribution >= 4 is 22.5 Å². The van der Waals surface area contributed by atoms with Crippen molar-refractivity contribution in [1.29, 1.82) is 0 Å². The number of primary amides is 1. The van der Waals surface area contributed by atoms with Crippen molar-refractivity contribution in [3.8, 4) is 0 Å². The van der Waals surface area contributed by atoms with Crippen LogP contribution in [0.25, 0.3) is 10.9 Å². The van der Waals surface area contributed by atoms with Gasteiger partial charge in [0, 0.05) is 37.3 Å². The molecule has 0 spiro atoms. The van der Waals surface area contributed by atoms with Gasteiger partial charge in [0.2, 0.25) is 0 Å². The SMILES string of the molecule is Cc1[nH]c2c(C(N)=O)cc(F)c(N3C[C@H]4CNC[C@H]4C3)c2c1C. The van der Waals surface area contributed by atoms with E-state index in [1.807, 2.05) is 13.8 Å². The molecule has 2 atom stereocenters. The third-order valence-corrected chi connectivity index (χ3v) is 5.47. The Bertz CT molecular complexity index is 801. The number of aromatic amines is 1. The number of carbonyl (C=O) groups is 1. The van der Waals surface area contributed by atoms with Crippen molar-refractivity contribution in [3.05, 3.63) is 28.7 Å². The molecule has 2 saturated heterocycles. The van der Waals surface area contributed by atoms with Crippen LogP contribution in [0.3, 0.4) is 0 Å². The minimum Gasteiger partial charge on any atom is -0.368 e. The van der Waals surface area contributed by atoms with Crippen molar-refractivity contribution in [1.82, 2.24) is 10.3 Å². The Morgan fingerprint density at radius 1 is 1.30 bits per heavy atom. The summed E-state index contributed by atoms with van der Waals surface area (Å²) in [4.78, 5) is 17.0. The zero-order valence-electron chi connectivity index (χ0n) is 13.4. The Morgan fingerprint density at radius 2 is 1.96 bits per heavy atom. The van der Waals surface area contributed by atoms with Crippen LogP contribution in [-0.2, 0) is 0 Å². The standard InChI is InChI=1S/C17H21FN4O/c1-8-9(2)21-15-12(17(19)23)3-13(18)16(14(8)15)22-6-10-4-20-5-11(10)7-22/h3,10-11,20-21H,4-7H2,1-2H3,(H2,19,23)/t10-,11+. The molecule has 1 aromatic carbocycles. The molecule has 0 aliphatic carbocycles. The molecule has 2 aliphatic heterocycles. The Balaban J connectivity index is 1.91. The highest BCUT2D eigenvalue weighted by Gasteiger charge is 2.38. The zero-order chi connectivity index (χ0) is 16.3. The van der Waals surface area contributed by atoms with Gasteiger partial charge in [-0.2, -0.15) is 0 Å². The molecule has 2 aromatic rings. The molecule has 0 bridgehead atoms. The Labute approximate surface area is 134 Å². The monoisotopic (exact) mass is 316 g/mol. The number of anilines is 1. The molecular formula is C17H21FN4O. The van der Waals surface area contributed by atoms with Gasteiger partial charge in [-0.1, -0.05) is 0 Å². The molecule has 122 valence electrons. The lowest BCUT2D eigenvalue weighted by molar-refractivity contribution is 0.100.